The molecular weight excluding hydrogens is 212 g/mol. The van der Waals surface area contributed by atoms with Gasteiger partial charge in [-0.05, 0) is 60.8 Å². The smallest absolute Gasteiger partial charge is 0.119 e. The van der Waals surface area contributed by atoms with Crippen LogP contribution in [0.25, 0.3) is 0 Å². The number of fused-ring (bicyclic) bond motifs is 1. The van der Waals surface area contributed by atoms with E-state index in [1.165, 1.54) is 30.4 Å². The summed E-state index contributed by atoms with van der Waals surface area (Å²) in [6.07, 6.45) is 4.57. The van der Waals surface area contributed by atoms with E-state index in [0.717, 1.165) is 12.2 Å². The number of hydrogen-bond donors (Lipinski definition) is 1. The van der Waals surface area contributed by atoms with Gasteiger partial charge in [0, 0.05) is 6.61 Å². The summed E-state index contributed by atoms with van der Waals surface area (Å²) < 4.78 is 5.32. The quantitative estimate of drug-likeness (QED) is 0.867. The Labute approximate surface area is 104 Å². The highest BCUT2D eigenvalue weighted by molar-refractivity contribution is 5.39. The van der Waals surface area contributed by atoms with Gasteiger partial charge in [-0.15, -0.1) is 0 Å². The summed E-state index contributed by atoms with van der Waals surface area (Å²) in [6.45, 7) is 2.53. The highest BCUT2D eigenvalue weighted by Crippen LogP contribution is 2.39. The van der Waals surface area contributed by atoms with E-state index in [4.69, 9.17) is 9.84 Å². The van der Waals surface area contributed by atoms with E-state index < -0.39 is 0 Å². The van der Waals surface area contributed by atoms with Crippen molar-refractivity contribution in [3.63, 3.8) is 0 Å². The van der Waals surface area contributed by atoms with Crippen LogP contribution in [0.3, 0.4) is 0 Å². The van der Waals surface area contributed by atoms with Crippen molar-refractivity contribution in [1.82, 2.24) is 0 Å². The molecule has 1 aromatic carbocycles. The first-order valence-electron chi connectivity index (χ1n) is 6.54. The van der Waals surface area contributed by atoms with E-state index in [9.17, 15) is 0 Å². The van der Waals surface area contributed by atoms with Crippen molar-refractivity contribution in [3.8, 4) is 5.75 Å². The lowest BCUT2D eigenvalue weighted by Crippen LogP contribution is -2.17. The van der Waals surface area contributed by atoms with E-state index in [-0.39, 0.29) is 6.61 Å². The fourth-order valence-corrected chi connectivity index (χ4v) is 2.94. The third-order valence-corrected chi connectivity index (χ3v) is 3.99. The lowest BCUT2D eigenvalue weighted by Gasteiger charge is -2.30. The van der Waals surface area contributed by atoms with Crippen LogP contribution in [0.15, 0.2) is 18.2 Å². The normalized spacial score (nSPS) is 20.8. The maximum Gasteiger partial charge on any atom is 0.119 e. The molecule has 2 rings (SSSR count). The maximum atomic E-state index is 9.09. The van der Waals surface area contributed by atoms with Crippen molar-refractivity contribution < 1.29 is 9.84 Å². The van der Waals surface area contributed by atoms with Gasteiger partial charge in [-0.2, -0.15) is 0 Å². The Kier molecular flexibility index (Phi) is 4.06. The molecule has 0 radical (unpaired) electrons. The molecular formula is C15H22O2. The van der Waals surface area contributed by atoms with Gasteiger partial charge in [0.25, 0.3) is 0 Å². The van der Waals surface area contributed by atoms with Gasteiger partial charge in [0.05, 0.1) is 7.11 Å². The fourth-order valence-electron chi connectivity index (χ4n) is 2.94. The third-order valence-electron chi connectivity index (χ3n) is 3.99. The summed E-state index contributed by atoms with van der Waals surface area (Å²) in [5.74, 6) is 2.08. The molecule has 0 heterocycles. The topological polar surface area (TPSA) is 29.5 Å². The molecule has 0 saturated heterocycles. The lowest BCUT2D eigenvalue weighted by atomic mass is 9.75. The van der Waals surface area contributed by atoms with E-state index in [2.05, 4.69) is 25.1 Å². The Bertz CT molecular complexity index is 373. The highest BCUT2D eigenvalue weighted by Gasteiger charge is 2.25. The van der Waals surface area contributed by atoms with Gasteiger partial charge in [0.1, 0.15) is 5.75 Å². The summed E-state index contributed by atoms with van der Waals surface area (Å²) in [5, 5.41) is 9.09. The first kappa shape index (κ1) is 12.4. The van der Waals surface area contributed by atoms with Gasteiger partial charge >= 0.3 is 0 Å². The number of aliphatic hydroxyl groups excluding tert-OH is 1. The predicted molar refractivity (Wildman–Crippen MR) is 69.5 cm³/mol. The zero-order valence-corrected chi connectivity index (χ0v) is 10.8. The van der Waals surface area contributed by atoms with Crippen molar-refractivity contribution in [3.05, 3.63) is 29.3 Å². The minimum absolute atomic E-state index is 0.289. The number of benzene rings is 1. The molecule has 0 unspecified atom stereocenters. The molecule has 0 saturated carbocycles. The Morgan fingerprint density at radius 1 is 1.47 bits per heavy atom. The average Bonchev–Trinajstić information content (AvgIpc) is 2.37. The predicted octanol–water partition coefficient (Wildman–Crippen LogP) is 3.13. The molecule has 0 fully saturated rings. The first-order chi connectivity index (χ1) is 8.26. The van der Waals surface area contributed by atoms with Gasteiger partial charge in [-0.25, -0.2) is 0 Å². The van der Waals surface area contributed by atoms with Crippen LogP contribution < -0.4 is 4.74 Å². The van der Waals surface area contributed by atoms with E-state index in [1.807, 2.05) is 0 Å². The van der Waals surface area contributed by atoms with Gasteiger partial charge in [-0.1, -0.05) is 13.0 Å². The van der Waals surface area contributed by atoms with Crippen molar-refractivity contribution in [1.29, 1.82) is 0 Å². The number of aryl methyl sites for hydroxylation is 1. The minimum atomic E-state index is 0.289. The zero-order chi connectivity index (χ0) is 12.3. The van der Waals surface area contributed by atoms with Crippen LogP contribution >= 0.6 is 0 Å². The summed E-state index contributed by atoms with van der Waals surface area (Å²) in [6, 6.07) is 6.44. The summed E-state index contributed by atoms with van der Waals surface area (Å²) >= 11 is 0. The lowest BCUT2D eigenvalue weighted by molar-refractivity contribution is 0.243. The van der Waals surface area contributed by atoms with Crippen molar-refractivity contribution >= 4 is 0 Å². The van der Waals surface area contributed by atoms with Crippen molar-refractivity contribution in [2.24, 2.45) is 5.92 Å². The second-order valence-corrected chi connectivity index (χ2v) is 5.05. The third kappa shape index (κ3) is 2.63. The van der Waals surface area contributed by atoms with Gasteiger partial charge in [0.15, 0.2) is 0 Å². The Hall–Kier alpha value is -1.02. The van der Waals surface area contributed by atoms with Gasteiger partial charge in [0.2, 0.25) is 0 Å². The van der Waals surface area contributed by atoms with E-state index in [0.29, 0.717) is 11.8 Å². The fraction of sp³-hybridized carbons (Fsp3) is 0.600. The number of hydrogen-bond acceptors (Lipinski definition) is 2. The second-order valence-electron chi connectivity index (χ2n) is 5.05. The number of ether oxygens (including phenoxy) is 1. The van der Waals surface area contributed by atoms with Crippen LogP contribution in [0.1, 0.15) is 43.2 Å². The molecule has 17 heavy (non-hydrogen) atoms. The summed E-state index contributed by atoms with van der Waals surface area (Å²) in [7, 11) is 1.72. The summed E-state index contributed by atoms with van der Waals surface area (Å²) in [5.41, 5.74) is 2.91. The molecule has 0 amide bonds. The highest BCUT2D eigenvalue weighted by atomic mass is 16.5. The molecule has 94 valence electrons. The number of aliphatic hydroxyl groups is 1. The molecule has 1 aliphatic rings. The molecule has 0 bridgehead atoms. The molecule has 2 atom stereocenters. The summed E-state index contributed by atoms with van der Waals surface area (Å²) in [4.78, 5) is 0. The minimum Gasteiger partial charge on any atom is -0.497 e. The molecule has 2 nitrogen and oxygen atoms in total. The monoisotopic (exact) mass is 234 g/mol. The Morgan fingerprint density at radius 2 is 2.29 bits per heavy atom. The van der Waals surface area contributed by atoms with Crippen LogP contribution in [0.4, 0.5) is 0 Å². The first-order valence-corrected chi connectivity index (χ1v) is 6.54. The van der Waals surface area contributed by atoms with Crippen molar-refractivity contribution in [2.75, 3.05) is 13.7 Å². The van der Waals surface area contributed by atoms with E-state index in [1.54, 1.807) is 7.11 Å². The standard InChI is InChI=1S/C15H22O2/c1-11(8-9-16)14-5-3-4-12-6-7-13(17-2)10-15(12)14/h6-7,10-11,14,16H,3-5,8-9H2,1-2H3/t11-,14+/m0/s1. The van der Waals surface area contributed by atoms with Crippen LogP contribution in [-0.4, -0.2) is 18.8 Å². The van der Waals surface area contributed by atoms with Gasteiger partial charge < -0.3 is 9.84 Å². The maximum absolute atomic E-state index is 9.09. The number of rotatable bonds is 4. The molecule has 1 aromatic rings. The average molecular weight is 234 g/mol. The molecule has 0 spiro atoms. The Morgan fingerprint density at radius 3 is 3.00 bits per heavy atom. The van der Waals surface area contributed by atoms with Crippen molar-refractivity contribution in [2.45, 2.75) is 38.5 Å². The molecule has 1 N–H and O–H groups in total. The Balaban J connectivity index is 2.28. The van der Waals surface area contributed by atoms with Crippen LogP contribution in [0, 0.1) is 5.92 Å². The number of methoxy groups -OCH3 is 1. The second kappa shape index (κ2) is 5.54. The molecule has 0 aliphatic heterocycles. The molecule has 0 aromatic heterocycles. The molecule has 2 heteroatoms. The molecule has 1 aliphatic carbocycles. The zero-order valence-electron chi connectivity index (χ0n) is 10.8. The van der Waals surface area contributed by atoms with Crippen LogP contribution in [-0.2, 0) is 6.42 Å². The SMILES string of the molecule is COc1ccc2c(c1)[C@@H]([C@@H](C)CCO)CCC2. The van der Waals surface area contributed by atoms with Gasteiger partial charge in [-0.3, -0.25) is 0 Å². The van der Waals surface area contributed by atoms with Crippen LogP contribution in [0.2, 0.25) is 0 Å². The van der Waals surface area contributed by atoms with E-state index >= 15 is 0 Å². The largest absolute Gasteiger partial charge is 0.497 e. The van der Waals surface area contributed by atoms with Crippen LogP contribution in [0.5, 0.6) is 5.75 Å².